The highest BCUT2D eigenvalue weighted by Gasteiger charge is 2.17. The van der Waals surface area contributed by atoms with Gasteiger partial charge < -0.3 is 19.0 Å². The largest absolute Gasteiger partial charge is 0.481 e. The molecule has 2 rings (SSSR count). The lowest BCUT2D eigenvalue weighted by atomic mass is 10.3. The average Bonchev–Trinajstić information content (AvgIpc) is 3.00. The fourth-order valence-corrected chi connectivity index (χ4v) is 1.82. The summed E-state index contributed by atoms with van der Waals surface area (Å²) < 4.78 is 23.9. The first-order chi connectivity index (χ1) is 11.0. The number of amides is 1. The Balaban J connectivity index is 1.92. The highest BCUT2D eigenvalue weighted by atomic mass is 19.1. The van der Waals surface area contributed by atoms with Gasteiger partial charge in [0.15, 0.2) is 23.9 Å². The molecule has 7 heteroatoms. The Morgan fingerprint density at radius 3 is 2.70 bits per heavy atom. The maximum atomic E-state index is 13.4. The second kappa shape index (κ2) is 7.73. The van der Waals surface area contributed by atoms with E-state index in [1.54, 1.807) is 24.1 Å². The number of aromatic nitrogens is 1. The van der Waals surface area contributed by atoms with E-state index >= 15 is 0 Å². The van der Waals surface area contributed by atoms with Gasteiger partial charge in [0.1, 0.15) is 6.26 Å². The highest BCUT2D eigenvalue weighted by Crippen LogP contribution is 2.17. The molecule has 6 nitrogen and oxygen atoms in total. The van der Waals surface area contributed by atoms with Crippen LogP contribution in [0.1, 0.15) is 16.4 Å². The number of benzene rings is 1. The monoisotopic (exact) mass is 321 g/mol. The van der Waals surface area contributed by atoms with Gasteiger partial charge in [-0.25, -0.2) is 9.37 Å². The standard InChI is InChI=1S/C16H20FN3O3/c1-19(2)8-9-20(3)16(21)13-10-23-15(18-13)11-22-14-7-5-4-6-12(14)17/h4-7,10H,8-9,11H2,1-3H3. The minimum atomic E-state index is -0.459. The zero-order valence-electron chi connectivity index (χ0n) is 13.5. The van der Waals surface area contributed by atoms with E-state index in [9.17, 15) is 9.18 Å². The fourth-order valence-electron chi connectivity index (χ4n) is 1.82. The van der Waals surface area contributed by atoms with Gasteiger partial charge in [0, 0.05) is 20.1 Å². The Morgan fingerprint density at radius 2 is 2.00 bits per heavy atom. The van der Waals surface area contributed by atoms with Crippen molar-refractivity contribution in [1.29, 1.82) is 0 Å². The number of hydrogen-bond donors (Lipinski definition) is 0. The van der Waals surface area contributed by atoms with Crippen LogP contribution in [0, 0.1) is 5.82 Å². The summed E-state index contributed by atoms with van der Waals surface area (Å²) in [5, 5.41) is 0. The number of hydrogen-bond acceptors (Lipinski definition) is 5. The topological polar surface area (TPSA) is 58.8 Å². The van der Waals surface area contributed by atoms with Crippen molar-refractivity contribution in [1.82, 2.24) is 14.8 Å². The summed E-state index contributed by atoms with van der Waals surface area (Å²) in [5.41, 5.74) is 0.207. The summed E-state index contributed by atoms with van der Waals surface area (Å²) in [7, 11) is 5.58. The van der Waals surface area contributed by atoms with Crippen molar-refractivity contribution in [2.45, 2.75) is 6.61 Å². The third-order valence-corrected chi connectivity index (χ3v) is 3.19. The van der Waals surface area contributed by atoms with Gasteiger partial charge in [-0.2, -0.15) is 0 Å². The van der Waals surface area contributed by atoms with Crippen molar-refractivity contribution in [3.8, 4) is 5.75 Å². The maximum Gasteiger partial charge on any atom is 0.275 e. The van der Waals surface area contributed by atoms with Crippen molar-refractivity contribution in [3.05, 3.63) is 47.9 Å². The van der Waals surface area contributed by atoms with Crippen molar-refractivity contribution in [2.24, 2.45) is 0 Å². The van der Waals surface area contributed by atoms with E-state index in [0.717, 1.165) is 6.54 Å². The lowest BCUT2D eigenvalue weighted by molar-refractivity contribution is 0.0780. The molecule has 0 unspecified atom stereocenters. The molecule has 0 aliphatic carbocycles. The normalized spacial score (nSPS) is 10.8. The van der Waals surface area contributed by atoms with Crippen molar-refractivity contribution < 1.29 is 18.3 Å². The van der Waals surface area contributed by atoms with Crippen molar-refractivity contribution >= 4 is 5.91 Å². The first kappa shape index (κ1) is 17.0. The number of rotatable bonds is 7. The van der Waals surface area contributed by atoms with Crippen molar-refractivity contribution in [2.75, 3.05) is 34.2 Å². The first-order valence-corrected chi connectivity index (χ1v) is 7.19. The van der Waals surface area contributed by atoms with Crippen LogP contribution in [0.4, 0.5) is 4.39 Å². The fraction of sp³-hybridized carbons (Fsp3) is 0.375. The summed E-state index contributed by atoms with van der Waals surface area (Å²) in [5.74, 6) is -0.356. The van der Waals surface area contributed by atoms with Crippen molar-refractivity contribution in [3.63, 3.8) is 0 Å². The van der Waals surface area contributed by atoms with Crippen LogP contribution in [-0.4, -0.2) is 54.9 Å². The molecule has 0 bridgehead atoms. The van der Waals surface area contributed by atoms with Crippen LogP contribution < -0.4 is 4.74 Å². The van der Waals surface area contributed by atoms with E-state index in [4.69, 9.17) is 9.15 Å². The van der Waals surface area contributed by atoms with Crippen LogP contribution in [0.2, 0.25) is 0 Å². The number of oxazole rings is 1. The number of halogens is 1. The lowest BCUT2D eigenvalue weighted by Gasteiger charge is -2.18. The van der Waals surface area contributed by atoms with Gasteiger partial charge in [-0.3, -0.25) is 4.79 Å². The molecule has 1 aromatic carbocycles. The van der Waals surface area contributed by atoms with E-state index in [0.29, 0.717) is 6.54 Å². The van der Waals surface area contributed by atoms with Gasteiger partial charge in [0.25, 0.3) is 5.91 Å². The summed E-state index contributed by atoms with van der Waals surface area (Å²) in [4.78, 5) is 19.8. The second-order valence-corrected chi connectivity index (χ2v) is 5.38. The molecule has 1 heterocycles. The number of carbonyl (C=O) groups excluding carboxylic acids is 1. The Bertz CT molecular complexity index is 658. The molecule has 1 amide bonds. The Kier molecular flexibility index (Phi) is 5.70. The molecule has 0 N–H and O–H groups in total. The summed E-state index contributed by atoms with van der Waals surface area (Å²) in [6, 6.07) is 6.06. The number of para-hydroxylation sites is 1. The summed E-state index contributed by atoms with van der Waals surface area (Å²) in [6.45, 7) is 1.29. The van der Waals surface area contributed by atoms with Crippen LogP contribution in [0.25, 0.3) is 0 Å². The van der Waals surface area contributed by atoms with Crippen LogP contribution >= 0.6 is 0 Å². The quantitative estimate of drug-likeness (QED) is 0.781. The average molecular weight is 321 g/mol. The van der Waals surface area contributed by atoms with Crippen LogP contribution in [0.3, 0.4) is 0 Å². The molecule has 2 aromatic rings. The third-order valence-electron chi connectivity index (χ3n) is 3.19. The predicted molar refractivity (Wildman–Crippen MR) is 82.7 cm³/mol. The Labute approximate surface area is 134 Å². The molecule has 0 aliphatic heterocycles. The maximum absolute atomic E-state index is 13.4. The molecular weight excluding hydrogens is 301 g/mol. The number of carbonyl (C=O) groups is 1. The summed E-state index contributed by atoms with van der Waals surface area (Å²) >= 11 is 0. The Morgan fingerprint density at radius 1 is 1.26 bits per heavy atom. The third kappa shape index (κ3) is 4.79. The molecule has 0 atom stereocenters. The van der Waals surface area contributed by atoms with Crippen LogP contribution in [0.15, 0.2) is 34.9 Å². The minimum Gasteiger partial charge on any atom is -0.481 e. The molecule has 0 saturated heterocycles. The van der Waals surface area contributed by atoms with E-state index in [2.05, 4.69) is 4.98 Å². The Hall–Kier alpha value is -2.41. The zero-order valence-corrected chi connectivity index (χ0v) is 13.5. The van der Waals surface area contributed by atoms with Gasteiger partial charge in [-0.05, 0) is 26.2 Å². The van der Waals surface area contributed by atoms with E-state index in [1.807, 2.05) is 19.0 Å². The minimum absolute atomic E-state index is 0.0460. The van der Waals surface area contributed by atoms with E-state index < -0.39 is 5.82 Å². The first-order valence-electron chi connectivity index (χ1n) is 7.19. The molecule has 0 spiro atoms. The highest BCUT2D eigenvalue weighted by molar-refractivity contribution is 5.91. The van der Waals surface area contributed by atoms with E-state index in [1.165, 1.54) is 18.4 Å². The second-order valence-electron chi connectivity index (χ2n) is 5.38. The lowest BCUT2D eigenvalue weighted by Crippen LogP contribution is -2.33. The van der Waals surface area contributed by atoms with Gasteiger partial charge in [-0.15, -0.1) is 0 Å². The van der Waals surface area contributed by atoms with E-state index in [-0.39, 0.29) is 29.8 Å². The van der Waals surface area contributed by atoms with Gasteiger partial charge in [-0.1, -0.05) is 12.1 Å². The van der Waals surface area contributed by atoms with Gasteiger partial charge >= 0.3 is 0 Å². The number of likely N-dealkylation sites (N-methyl/N-ethyl adjacent to an activating group) is 2. The molecule has 0 fully saturated rings. The molecule has 0 saturated carbocycles. The summed E-state index contributed by atoms with van der Waals surface area (Å²) in [6.07, 6.45) is 1.29. The molecule has 0 radical (unpaired) electrons. The molecular formula is C16H20FN3O3. The number of ether oxygens (including phenoxy) is 1. The molecule has 0 aliphatic rings. The van der Waals surface area contributed by atoms with Crippen LogP contribution in [0.5, 0.6) is 5.75 Å². The molecule has 23 heavy (non-hydrogen) atoms. The predicted octanol–water partition coefficient (Wildman–Crippen LogP) is 2.03. The molecule has 124 valence electrons. The SMILES string of the molecule is CN(C)CCN(C)C(=O)c1coc(COc2ccccc2F)n1. The van der Waals surface area contributed by atoms with Gasteiger partial charge in [0.05, 0.1) is 0 Å². The molecule has 1 aromatic heterocycles. The zero-order chi connectivity index (χ0) is 16.8. The number of nitrogens with zero attached hydrogens (tertiary/aromatic N) is 3. The van der Waals surface area contributed by atoms with Gasteiger partial charge in [0.2, 0.25) is 5.89 Å². The smallest absolute Gasteiger partial charge is 0.275 e. The van der Waals surface area contributed by atoms with Crippen LogP contribution in [-0.2, 0) is 6.61 Å².